The number of methoxy groups -OCH3 is 1. The second-order valence-corrected chi connectivity index (χ2v) is 5.88. The first-order valence-electron chi connectivity index (χ1n) is 8.30. The van der Waals surface area contributed by atoms with Crippen molar-refractivity contribution in [2.75, 3.05) is 7.11 Å². The number of hydrogen-bond donors (Lipinski definition) is 2. The van der Waals surface area contributed by atoms with Gasteiger partial charge < -0.3 is 19.8 Å². The van der Waals surface area contributed by atoms with Crippen molar-refractivity contribution < 1.29 is 18.7 Å². The molecular weight excluding hydrogens is 320 g/mol. The van der Waals surface area contributed by atoms with E-state index in [1.807, 2.05) is 38.1 Å². The van der Waals surface area contributed by atoms with E-state index >= 15 is 0 Å². The zero-order chi connectivity index (χ0) is 18.2. The molecule has 0 radical (unpaired) electrons. The summed E-state index contributed by atoms with van der Waals surface area (Å²) in [7, 11) is 1.61. The Morgan fingerprint density at radius 1 is 1.20 bits per heavy atom. The van der Waals surface area contributed by atoms with Gasteiger partial charge in [-0.1, -0.05) is 32.4 Å². The van der Waals surface area contributed by atoms with Crippen LogP contribution in [0.15, 0.2) is 47.1 Å². The monoisotopic (exact) mass is 344 g/mol. The minimum absolute atomic E-state index is 0.00483. The van der Waals surface area contributed by atoms with Gasteiger partial charge in [0.05, 0.1) is 13.4 Å². The highest BCUT2D eigenvalue weighted by Crippen LogP contribution is 2.13. The van der Waals surface area contributed by atoms with Crippen molar-refractivity contribution in [3.05, 3.63) is 54.0 Å². The summed E-state index contributed by atoms with van der Waals surface area (Å²) < 4.78 is 10.2. The van der Waals surface area contributed by atoms with Crippen molar-refractivity contribution in [2.24, 2.45) is 5.92 Å². The molecule has 2 N–H and O–H groups in total. The van der Waals surface area contributed by atoms with Crippen molar-refractivity contribution in [3.8, 4) is 5.75 Å². The number of hydrogen-bond acceptors (Lipinski definition) is 4. The molecule has 0 aliphatic carbocycles. The van der Waals surface area contributed by atoms with Crippen LogP contribution >= 0.6 is 0 Å². The molecule has 0 saturated carbocycles. The standard InChI is InChI=1S/C19H24N2O4/c1-4-13(2)17(21-18(22)16-6-5-11-25-16)19(23)20-12-14-7-9-15(24-3)10-8-14/h5-11,13,17H,4,12H2,1-3H3,(H,20,23)(H,21,22)/t13-,17-/m0/s1. The maximum atomic E-state index is 12.6. The third-order valence-electron chi connectivity index (χ3n) is 4.15. The minimum Gasteiger partial charge on any atom is -0.497 e. The molecular formula is C19H24N2O4. The topological polar surface area (TPSA) is 80.6 Å². The van der Waals surface area contributed by atoms with Gasteiger partial charge in [-0.05, 0) is 35.7 Å². The Labute approximate surface area is 147 Å². The van der Waals surface area contributed by atoms with Crippen molar-refractivity contribution >= 4 is 11.8 Å². The SMILES string of the molecule is CC[C@H](C)[C@H](NC(=O)c1ccco1)C(=O)NCc1ccc(OC)cc1. The molecule has 25 heavy (non-hydrogen) atoms. The lowest BCUT2D eigenvalue weighted by atomic mass is 9.98. The fourth-order valence-corrected chi connectivity index (χ4v) is 2.36. The lowest BCUT2D eigenvalue weighted by Crippen LogP contribution is -2.50. The van der Waals surface area contributed by atoms with Gasteiger partial charge in [0.2, 0.25) is 5.91 Å². The number of amides is 2. The average molecular weight is 344 g/mol. The Morgan fingerprint density at radius 3 is 2.48 bits per heavy atom. The van der Waals surface area contributed by atoms with Gasteiger partial charge in [-0.2, -0.15) is 0 Å². The molecule has 2 atom stereocenters. The van der Waals surface area contributed by atoms with Gasteiger partial charge in [0.25, 0.3) is 5.91 Å². The molecule has 2 aromatic rings. The van der Waals surface area contributed by atoms with Gasteiger partial charge >= 0.3 is 0 Å². The van der Waals surface area contributed by atoms with E-state index in [-0.39, 0.29) is 17.6 Å². The highest BCUT2D eigenvalue weighted by atomic mass is 16.5. The normalized spacial score (nSPS) is 12.9. The van der Waals surface area contributed by atoms with Crippen LogP contribution in [0.2, 0.25) is 0 Å². The van der Waals surface area contributed by atoms with E-state index in [2.05, 4.69) is 10.6 Å². The molecule has 2 rings (SSSR count). The summed E-state index contributed by atoms with van der Waals surface area (Å²) in [6.07, 6.45) is 2.19. The molecule has 0 saturated heterocycles. The number of ether oxygens (including phenoxy) is 1. The molecule has 1 aromatic heterocycles. The van der Waals surface area contributed by atoms with Crippen LogP contribution in [-0.2, 0) is 11.3 Å². The second-order valence-electron chi connectivity index (χ2n) is 5.88. The van der Waals surface area contributed by atoms with Gasteiger partial charge in [-0.25, -0.2) is 0 Å². The summed E-state index contributed by atoms with van der Waals surface area (Å²) in [5.74, 6) is 0.337. The lowest BCUT2D eigenvalue weighted by molar-refractivity contribution is -0.124. The lowest BCUT2D eigenvalue weighted by Gasteiger charge is -2.23. The Balaban J connectivity index is 1.98. The Bertz CT molecular complexity index is 680. The van der Waals surface area contributed by atoms with E-state index < -0.39 is 11.9 Å². The molecule has 0 spiro atoms. The summed E-state index contributed by atoms with van der Waals surface area (Å²) in [4.78, 5) is 24.8. The predicted molar refractivity (Wildman–Crippen MR) is 94.3 cm³/mol. The summed E-state index contributed by atoms with van der Waals surface area (Å²) in [6.45, 7) is 4.29. The van der Waals surface area contributed by atoms with Gasteiger partial charge in [0.15, 0.2) is 5.76 Å². The van der Waals surface area contributed by atoms with Crippen LogP contribution < -0.4 is 15.4 Å². The van der Waals surface area contributed by atoms with E-state index in [4.69, 9.17) is 9.15 Å². The van der Waals surface area contributed by atoms with Crippen LogP contribution in [0, 0.1) is 5.92 Å². The summed E-state index contributed by atoms with van der Waals surface area (Å²) in [6, 6.07) is 10.0. The number of benzene rings is 1. The van der Waals surface area contributed by atoms with E-state index in [1.54, 1.807) is 19.2 Å². The number of furan rings is 1. The van der Waals surface area contributed by atoms with Crippen LogP contribution in [0.3, 0.4) is 0 Å². The van der Waals surface area contributed by atoms with E-state index in [9.17, 15) is 9.59 Å². The van der Waals surface area contributed by atoms with Crippen LogP contribution in [-0.4, -0.2) is 25.0 Å². The molecule has 0 aliphatic rings. The molecule has 0 unspecified atom stereocenters. The number of carbonyl (C=O) groups excluding carboxylic acids is 2. The highest BCUT2D eigenvalue weighted by Gasteiger charge is 2.26. The van der Waals surface area contributed by atoms with Crippen LogP contribution in [0.25, 0.3) is 0 Å². The fourth-order valence-electron chi connectivity index (χ4n) is 2.36. The molecule has 134 valence electrons. The first-order valence-corrected chi connectivity index (χ1v) is 8.30. The Morgan fingerprint density at radius 2 is 1.92 bits per heavy atom. The zero-order valence-corrected chi connectivity index (χ0v) is 14.7. The largest absolute Gasteiger partial charge is 0.497 e. The van der Waals surface area contributed by atoms with Crippen molar-refractivity contribution in [1.29, 1.82) is 0 Å². The molecule has 0 bridgehead atoms. The summed E-state index contributed by atoms with van der Waals surface area (Å²) in [5.41, 5.74) is 0.953. The highest BCUT2D eigenvalue weighted by molar-refractivity contribution is 5.95. The number of nitrogens with one attached hydrogen (secondary N) is 2. The van der Waals surface area contributed by atoms with Gasteiger partial charge in [-0.15, -0.1) is 0 Å². The maximum absolute atomic E-state index is 12.6. The van der Waals surface area contributed by atoms with Crippen molar-refractivity contribution in [1.82, 2.24) is 10.6 Å². The minimum atomic E-state index is -0.624. The van der Waals surface area contributed by atoms with Gasteiger partial charge in [0.1, 0.15) is 11.8 Å². The molecule has 6 nitrogen and oxygen atoms in total. The third-order valence-corrected chi connectivity index (χ3v) is 4.15. The number of rotatable bonds is 8. The predicted octanol–water partition coefficient (Wildman–Crippen LogP) is 2.75. The molecule has 0 fully saturated rings. The van der Waals surface area contributed by atoms with E-state index in [0.717, 1.165) is 17.7 Å². The first-order chi connectivity index (χ1) is 12.0. The molecule has 2 amide bonds. The van der Waals surface area contributed by atoms with E-state index in [0.29, 0.717) is 6.54 Å². The maximum Gasteiger partial charge on any atom is 0.287 e. The molecule has 0 aliphatic heterocycles. The fraction of sp³-hybridized carbons (Fsp3) is 0.368. The molecule has 1 heterocycles. The molecule has 6 heteroatoms. The smallest absolute Gasteiger partial charge is 0.287 e. The van der Waals surface area contributed by atoms with Crippen molar-refractivity contribution in [3.63, 3.8) is 0 Å². The van der Waals surface area contributed by atoms with Gasteiger partial charge in [0, 0.05) is 6.54 Å². The van der Waals surface area contributed by atoms with Gasteiger partial charge in [-0.3, -0.25) is 9.59 Å². The average Bonchev–Trinajstić information content (AvgIpc) is 3.18. The van der Waals surface area contributed by atoms with Crippen molar-refractivity contribution in [2.45, 2.75) is 32.9 Å². The van der Waals surface area contributed by atoms with Crippen LogP contribution in [0.1, 0.15) is 36.4 Å². The van der Waals surface area contributed by atoms with E-state index in [1.165, 1.54) is 6.26 Å². The summed E-state index contributed by atoms with van der Waals surface area (Å²) >= 11 is 0. The Kier molecular flexibility index (Phi) is 6.62. The van der Waals surface area contributed by atoms with Crippen LogP contribution in [0.4, 0.5) is 0 Å². The second kappa shape index (κ2) is 8.92. The molecule has 1 aromatic carbocycles. The Hall–Kier alpha value is -2.76. The zero-order valence-electron chi connectivity index (χ0n) is 14.7. The first kappa shape index (κ1) is 18.6. The van der Waals surface area contributed by atoms with Crippen LogP contribution in [0.5, 0.6) is 5.75 Å². The third kappa shape index (κ3) is 5.11. The number of carbonyl (C=O) groups is 2. The quantitative estimate of drug-likeness (QED) is 0.772. The summed E-state index contributed by atoms with van der Waals surface area (Å²) in [5, 5.41) is 5.64.